The first-order valence-corrected chi connectivity index (χ1v) is 5.85. The predicted molar refractivity (Wildman–Crippen MR) is 62.4 cm³/mol. The van der Waals surface area contributed by atoms with Gasteiger partial charge in [-0.3, -0.25) is 0 Å². The van der Waals surface area contributed by atoms with Crippen LogP contribution in [0.5, 0.6) is 0 Å². The van der Waals surface area contributed by atoms with Gasteiger partial charge in [0.1, 0.15) is 5.60 Å². The maximum Gasteiger partial charge on any atom is 0.407 e. The van der Waals surface area contributed by atoms with Gasteiger partial charge in [-0.25, -0.2) is 4.79 Å². The van der Waals surface area contributed by atoms with Crippen molar-refractivity contribution >= 4 is 6.09 Å². The summed E-state index contributed by atoms with van der Waals surface area (Å²) in [6, 6.07) is 0. The van der Waals surface area contributed by atoms with Crippen molar-refractivity contribution in [3.05, 3.63) is 0 Å². The molecule has 94 valence electrons. The molecule has 0 atom stereocenters. The van der Waals surface area contributed by atoms with Gasteiger partial charge in [0.15, 0.2) is 0 Å². The van der Waals surface area contributed by atoms with Crippen molar-refractivity contribution in [2.24, 2.45) is 5.41 Å². The van der Waals surface area contributed by atoms with Crippen LogP contribution in [0.15, 0.2) is 0 Å². The summed E-state index contributed by atoms with van der Waals surface area (Å²) in [6.07, 6.45) is 1.64. The van der Waals surface area contributed by atoms with Gasteiger partial charge >= 0.3 is 6.09 Å². The van der Waals surface area contributed by atoms with Crippen LogP contribution >= 0.6 is 0 Å². The van der Waals surface area contributed by atoms with E-state index >= 15 is 0 Å². The van der Waals surface area contributed by atoms with Gasteiger partial charge in [0.05, 0.1) is 0 Å². The monoisotopic (exact) mass is 229 g/mol. The molecule has 0 aromatic rings. The first kappa shape index (κ1) is 13.3. The van der Waals surface area contributed by atoms with E-state index in [0.717, 1.165) is 26.1 Å². The summed E-state index contributed by atoms with van der Waals surface area (Å²) >= 11 is 0. The lowest BCUT2D eigenvalue weighted by atomic mass is 9.82. The second-order valence-electron chi connectivity index (χ2n) is 5.78. The van der Waals surface area contributed by atoms with Gasteiger partial charge < -0.3 is 14.8 Å². The van der Waals surface area contributed by atoms with Crippen LogP contribution in [-0.2, 0) is 9.47 Å². The van der Waals surface area contributed by atoms with E-state index in [1.165, 1.54) is 0 Å². The molecule has 0 unspecified atom stereocenters. The Hall–Kier alpha value is -0.770. The highest BCUT2D eigenvalue weighted by atomic mass is 16.6. The van der Waals surface area contributed by atoms with Crippen molar-refractivity contribution in [1.29, 1.82) is 0 Å². The lowest BCUT2D eigenvalue weighted by molar-refractivity contribution is 0.0179. The Morgan fingerprint density at radius 1 is 1.38 bits per heavy atom. The predicted octanol–water partition coefficient (Wildman–Crippen LogP) is 2.33. The fraction of sp³-hybridized carbons (Fsp3) is 0.917. The minimum absolute atomic E-state index is 0.148. The highest BCUT2D eigenvalue weighted by Crippen LogP contribution is 2.28. The number of hydrogen-bond donors (Lipinski definition) is 1. The molecule has 1 saturated heterocycles. The molecule has 1 rings (SSSR count). The van der Waals surface area contributed by atoms with Crippen molar-refractivity contribution in [3.8, 4) is 0 Å². The summed E-state index contributed by atoms with van der Waals surface area (Å²) in [5.74, 6) is 0. The number of nitrogens with one attached hydrogen (secondary N) is 1. The minimum Gasteiger partial charge on any atom is -0.444 e. The van der Waals surface area contributed by atoms with Gasteiger partial charge in [-0.1, -0.05) is 6.92 Å². The molecule has 1 aliphatic rings. The summed E-state index contributed by atoms with van der Waals surface area (Å²) in [5, 5.41) is 2.83. The van der Waals surface area contributed by atoms with Crippen LogP contribution in [0.4, 0.5) is 4.79 Å². The summed E-state index contributed by atoms with van der Waals surface area (Å²) < 4.78 is 10.5. The Labute approximate surface area is 97.7 Å². The largest absolute Gasteiger partial charge is 0.444 e. The van der Waals surface area contributed by atoms with E-state index in [4.69, 9.17) is 9.47 Å². The average molecular weight is 229 g/mol. The van der Waals surface area contributed by atoms with Gasteiger partial charge in [0, 0.05) is 19.8 Å². The molecule has 1 N–H and O–H groups in total. The Balaban J connectivity index is 2.30. The normalized spacial score (nSPS) is 20.2. The van der Waals surface area contributed by atoms with Crippen LogP contribution in [0.3, 0.4) is 0 Å². The zero-order chi connectivity index (χ0) is 12.2. The summed E-state index contributed by atoms with van der Waals surface area (Å²) in [5.41, 5.74) is -0.282. The Kier molecular flexibility index (Phi) is 4.19. The third-order valence-corrected chi connectivity index (χ3v) is 2.76. The standard InChI is InChI=1S/C12H23NO3/c1-11(2,3)16-10(14)13-9-12(4)5-7-15-8-6-12/h5-9H2,1-4H3,(H,13,14). The van der Waals surface area contributed by atoms with Gasteiger partial charge in [-0.05, 0) is 39.0 Å². The number of carbonyl (C=O) groups excluding carboxylic acids is 1. The Bertz CT molecular complexity index is 239. The number of amides is 1. The van der Waals surface area contributed by atoms with Crippen LogP contribution in [0, 0.1) is 5.41 Å². The zero-order valence-corrected chi connectivity index (χ0v) is 10.8. The Morgan fingerprint density at radius 2 is 1.94 bits per heavy atom. The third-order valence-electron chi connectivity index (χ3n) is 2.76. The summed E-state index contributed by atoms with van der Waals surface area (Å²) in [6.45, 7) is 9.99. The maximum atomic E-state index is 11.5. The SMILES string of the molecule is CC1(CNC(=O)OC(C)(C)C)CCOCC1. The molecule has 0 saturated carbocycles. The van der Waals surface area contributed by atoms with E-state index in [2.05, 4.69) is 12.2 Å². The van der Waals surface area contributed by atoms with Gasteiger partial charge in [0.2, 0.25) is 0 Å². The molecule has 0 aromatic heterocycles. The molecule has 0 aromatic carbocycles. The van der Waals surface area contributed by atoms with Crippen LogP contribution in [0.25, 0.3) is 0 Å². The molecule has 1 fully saturated rings. The second-order valence-corrected chi connectivity index (χ2v) is 5.78. The quantitative estimate of drug-likeness (QED) is 0.790. The lowest BCUT2D eigenvalue weighted by Crippen LogP contribution is -2.41. The first-order chi connectivity index (χ1) is 7.31. The van der Waals surface area contributed by atoms with E-state index in [-0.39, 0.29) is 11.5 Å². The topological polar surface area (TPSA) is 47.6 Å². The molecule has 16 heavy (non-hydrogen) atoms. The van der Waals surface area contributed by atoms with Crippen molar-refractivity contribution in [1.82, 2.24) is 5.32 Å². The van der Waals surface area contributed by atoms with Crippen LogP contribution in [0.2, 0.25) is 0 Å². The van der Waals surface area contributed by atoms with Gasteiger partial charge in [-0.2, -0.15) is 0 Å². The average Bonchev–Trinajstić information content (AvgIpc) is 2.14. The molecule has 0 spiro atoms. The van der Waals surface area contributed by atoms with Crippen LogP contribution in [0.1, 0.15) is 40.5 Å². The van der Waals surface area contributed by atoms with E-state index < -0.39 is 5.60 Å². The molecular weight excluding hydrogens is 206 g/mol. The second kappa shape index (κ2) is 5.04. The Morgan fingerprint density at radius 3 is 2.44 bits per heavy atom. The highest BCUT2D eigenvalue weighted by Gasteiger charge is 2.28. The molecule has 1 amide bonds. The molecule has 1 aliphatic heterocycles. The summed E-state index contributed by atoms with van der Waals surface area (Å²) in [7, 11) is 0. The number of hydrogen-bond acceptors (Lipinski definition) is 3. The van der Waals surface area contributed by atoms with E-state index in [0.29, 0.717) is 6.54 Å². The number of rotatable bonds is 2. The zero-order valence-electron chi connectivity index (χ0n) is 10.8. The molecule has 0 radical (unpaired) electrons. The molecule has 1 heterocycles. The minimum atomic E-state index is -0.430. The summed E-state index contributed by atoms with van der Waals surface area (Å²) in [4.78, 5) is 11.5. The van der Waals surface area contributed by atoms with Crippen molar-refractivity contribution in [3.63, 3.8) is 0 Å². The maximum absolute atomic E-state index is 11.5. The van der Waals surface area contributed by atoms with E-state index in [1.807, 2.05) is 20.8 Å². The van der Waals surface area contributed by atoms with Crippen molar-refractivity contribution < 1.29 is 14.3 Å². The van der Waals surface area contributed by atoms with E-state index in [1.54, 1.807) is 0 Å². The van der Waals surface area contributed by atoms with E-state index in [9.17, 15) is 4.79 Å². The van der Waals surface area contributed by atoms with Gasteiger partial charge in [-0.15, -0.1) is 0 Å². The molecule has 0 bridgehead atoms. The first-order valence-electron chi connectivity index (χ1n) is 5.85. The highest BCUT2D eigenvalue weighted by molar-refractivity contribution is 5.67. The number of alkyl carbamates (subject to hydrolysis) is 1. The fourth-order valence-electron chi connectivity index (χ4n) is 1.64. The molecule has 4 nitrogen and oxygen atoms in total. The lowest BCUT2D eigenvalue weighted by Gasteiger charge is -2.33. The van der Waals surface area contributed by atoms with Crippen LogP contribution < -0.4 is 5.32 Å². The smallest absolute Gasteiger partial charge is 0.407 e. The number of carbonyl (C=O) groups is 1. The molecule has 0 aliphatic carbocycles. The third kappa shape index (κ3) is 4.84. The number of ether oxygens (including phenoxy) is 2. The van der Waals surface area contributed by atoms with Gasteiger partial charge in [0.25, 0.3) is 0 Å². The van der Waals surface area contributed by atoms with Crippen LogP contribution in [-0.4, -0.2) is 31.5 Å². The van der Waals surface area contributed by atoms with Crippen molar-refractivity contribution in [2.75, 3.05) is 19.8 Å². The fourth-order valence-corrected chi connectivity index (χ4v) is 1.64. The molecule has 4 heteroatoms. The van der Waals surface area contributed by atoms with Crippen molar-refractivity contribution in [2.45, 2.75) is 46.1 Å². The molecular formula is C12H23NO3.